The van der Waals surface area contributed by atoms with Gasteiger partial charge in [0.2, 0.25) is 11.3 Å². The Morgan fingerprint density at radius 1 is 1.00 bits per heavy atom. The minimum Gasteiger partial charge on any atom is -0.497 e. The van der Waals surface area contributed by atoms with Crippen molar-refractivity contribution in [1.82, 2.24) is 10.4 Å². The fraction of sp³-hybridized carbons (Fsp3) is 0.545. The first kappa shape index (κ1) is 25.0. The summed E-state index contributed by atoms with van der Waals surface area (Å²) >= 11 is 0. The number of ether oxygens (including phenoxy) is 4. The Balaban J connectivity index is 2.61. The summed E-state index contributed by atoms with van der Waals surface area (Å²) in [4.78, 5) is 52.2. The second-order valence-corrected chi connectivity index (χ2v) is 9.31. The van der Waals surface area contributed by atoms with E-state index in [4.69, 9.17) is 18.9 Å². The molecule has 10 heteroatoms. The van der Waals surface area contributed by atoms with E-state index in [2.05, 4.69) is 5.43 Å². The minimum atomic E-state index is -2.23. The van der Waals surface area contributed by atoms with Crippen molar-refractivity contribution in [1.29, 1.82) is 0 Å². The normalized spacial score (nSPS) is 17.8. The number of amides is 2. The molecular formula is C22H30N2O8. The summed E-state index contributed by atoms with van der Waals surface area (Å²) in [7, 11) is 2.55. The van der Waals surface area contributed by atoms with Crippen molar-refractivity contribution in [2.45, 2.75) is 64.7 Å². The predicted octanol–water partition coefficient (Wildman–Crippen LogP) is 3.02. The molecule has 1 N–H and O–H groups in total. The third kappa shape index (κ3) is 5.12. The van der Waals surface area contributed by atoms with Crippen LogP contribution in [0.3, 0.4) is 0 Å². The third-order valence-electron chi connectivity index (χ3n) is 4.46. The molecular weight excluding hydrogens is 420 g/mol. The standard InChI is InChI=1S/C22H30N2O8/c1-20(2,3)31-18(27)23-24(19(28)32-21(4,5)6)22(17(26)30-8)12-13-11-14(29-7)9-10-15(13)16(22)25/h9-11H,12H2,1-8H3,(H,23,27). The van der Waals surface area contributed by atoms with Crippen LogP contribution in [0.4, 0.5) is 9.59 Å². The van der Waals surface area contributed by atoms with E-state index in [0.717, 1.165) is 7.11 Å². The van der Waals surface area contributed by atoms with Gasteiger partial charge in [0.25, 0.3) is 0 Å². The van der Waals surface area contributed by atoms with Gasteiger partial charge in [-0.1, -0.05) is 0 Å². The highest BCUT2D eigenvalue weighted by Gasteiger charge is 2.60. The second-order valence-electron chi connectivity index (χ2n) is 9.31. The van der Waals surface area contributed by atoms with Crippen molar-refractivity contribution in [2.75, 3.05) is 14.2 Å². The summed E-state index contributed by atoms with van der Waals surface area (Å²) < 4.78 is 20.7. The van der Waals surface area contributed by atoms with Crippen LogP contribution in [0.2, 0.25) is 0 Å². The molecule has 2 amide bonds. The number of hydrogen-bond acceptors (Lipinski definition) is 8. The number of methoxy groups -OCH3 is 2. The van der Waals surface area contributed by atoms with Crippen LogP contribution in [0, 0.1) is 0 Å². The number of fused-ring (bicyclic) bond motifs is 1. The molecule has 10 nitrogen and oxygen atoms in total. The quantitative estimate of drug-likeness (QED) is 0.323. The SMILES string of the molecule is COC(=O)C1(N(NC(=O)OC(C)(C)C)C(=O)OC(C)(C)C)Cc2cc(OC)ccc2C1=O. The topological polar surface area (TPSA) is 120 Å². The van der Waals surface area contributed by atoms with E-state index in [1.165, 1.54) is 13.2 Å². The van der Waals surface area contributed by atoms with Gasteiger partial charge in [-0.3, -0.25) is 4.79 Å². The summed E-state index contributed by atoms with van der Waals surface area (Å²) in [6.45, 7) is 9.71. The van der Waals surface area contributed by atoms with E-state index in [-0.39, 0.29) is 12.0 Å². The van der Waals surface area contributed by atoms with Crippen LogP contribution in [-0.2, 0) is 25.4 Å². The van der Waals surface area contributed by atoms with E-state index in [1.807, 2.05) is 0 Å². The highest BCUT2D eigenvalue weighted by atomic mass is 16.6. The number of esters is 1. The van der Waals surface area contributed by atoms with Crippen molar-refractivity contribution in [3.05, 3.63) is 29.3 Å². The smallest absolute Gasteiger partial charge is 0.430 e. The second kappa shape index (κ2) is 8.68. The average Bonchev–Trinajstić information content (AvgIpc) is 2.95. The zero-order chi connectivity index (χ0) is 24.5. The zero-order valence-electron chi connectivity index (χ0n) is 19.7. The first-order chi connectivity index (χ1) is 14.6. The minimum absolute atomic E-state index is 0.191. The van der Waals surface area contributed by atoms with Crippen LogP contribution in [0.5, 0.6) is 5.75 Å². The average molecular weight is 450 g/mol. The van der Waals surface area contributed by atoms with Gasteiger partial charge in [0.05, 0.1) is 14.2 Å². The lowest BCUT2D eigenvalue weighted by atomic mass is 9.93. The van der Waals surface area contributed by atoms with Crippen molar-refractivity contribution < 1.29 is 38.1 Å². The molecule has 2 rings (SSSR count). The number of nitrogens with one attached hydrogen (secondary N) is 1. The number of carbonyl (C=O) groups is 4. The number of hydrogen-bond donors (Lipinski definition) is 1. The number of nitrogens with zero attached hydrogens (tertiary/aromatic N) is 1. The Labute approximate surface area is 187 Å². The van der Waals surface area contributed by atoms with E-state index < -0.39 is 40.7 Å². The lowest BCUT2D eigenvalue weighted by Crippen LogP contribution is -2.68. The highest BCUT2D eigenvalue weighted by Crippen LogP contribution is 2.37. The molecule has 0 fully saturated rings. The molecule has 1 aliphatic carbocycles. The fourth-order valence-electron chi connectivity index (χ4n) is 3.25. The van der Waals surface area contributed by atoms with Gasteiger partial charge < -0.3 is 18.9 Å². The van der Waals surface area contributed by atoms with Crippen LogP contribution < -0.4 is 10.2 Å². The maximum Gasteiger partial charge on any atom is 0.430 e. The lowest BCUT2D eigenvalue weighted by Gasteiger charge is -2.37. The highest BCUT2D eigenvalue weighted by molar-refractivity contribution is 6.21. The van der Waals surface area contributed by atoms with Crippen molar-refractivity contribution in [3.8, 4) is 5.75 Å². The predicted molar refractivity (Wildman–Crippen MR) is 113 cm³/mol. The largest absolute Gasteiger partial charge is 0.497 e. The van der Waals surface area contributed by atoms with Crippen LogP contribution in [0.25, 0.3) is 0 Å². The number of carbonyl (C=O) groups excluding carboxylic acids is 4. The van der Waals surface area contributed by atoms with Gasteiger partial charge in [0, 0.05) is 12.0 Å². The Kier molecular flexibility index (Phi) is 6.77. The molecule has 1 aromatic carbocycles. The zero-order valence-corrected chi connectivity index (χ0v) is 19.7. The van der Waals surface area contributed by atoms with Gasteiger partial charge >= 0.3 is 18.2 Å². The number of ketones is 1. The molecule has 0 aromatic heterocycles. The molecule has 1 aliphatic rings. The van der Waals surface area contributed by atoms with E-state index in [1.54, 1.807) is 53.7 Å². The molecule has 1 aromatic rings. The van der Waals surface area contributed by atoms with Gasteiger partial charge in [-0.2, -0.15) is 5.01 Å². The first-order valence-electron chi connectivity index (χ1n) is 9.97. The van der Waals surface area contributed by atoms with Gasteiger partial charge in [-0.15, -0.1) is 0 Å². The molecule has 1 atom stereocenters. The van der Waals surface area contributed by atoms with Crippen LogP contribution in [-0.4, -0.2) is 59.9 Å². The Morgan fingerprint density at radius 2 is 1.59 bits per heavy atom. The van der Waals surface area contributed by atoms with E-state index >= 15 is 0 Å². The van der Waals surface area contributed by atoms with Gasteiger partial charge in [0.1, 0.15) is 17.0 Å². The monoisotopic (exact) mass is 450 g/mol. The Morgan fingerprint density at radius 3 is 2.09 bits per heavy atom. The number of rotatable bonds is 3. The van der Waals surface area contributed by atoms with E-state index in [9.17, 15) is 19.2 Å². The molecule has 1 unspecified atom stereocenters. The summed E-state index contributed by atoms with van der Waals surface area (Å²) in [5, 5.41) is 0.562. The Bertz CT molecular complexity index is 929. The number of Topliss-reactive ketones (excluding diaryl/α,β-unsaturated/α-hetero) is 1. The molecule has 0 saturated carbocycles. The van der Waals surface area contributed by atoms with Gasteiger partial charge in [-0.25, -0.2) is 19.8 Å². The summed E-state index contributed by atoms with van der Waals surface area (Å²) in [5.74, 6) is -1.32. The van der Waals surface area contributed by atoms with Crippen molar-refractivity contribution >= 4 is 23.9 Å². The maximum atomic E-state index is 13.5. The molecule has 0 spiro atoms. The molecule has 0 aliphatic heterocycles. The fourth-order valence-corrected chi connectivity index (χ4v) is 3.25. The first-order valence-corrected chi connectivity index (χ1v) is 9.97. The van der Waals surface area contributed by atoms with Crippen molar-refractivity contribution in [3.63, 3.8) is 0 Å². The molecule has 32 heavy (non-hydrogen) atoms. The van der Waals surface area contributed by atoms with Gasteiger partial charge in [-0.05, 0) is 65.3 Å². The van der Waals surface area contributed by atoms with Crippen LogP contribution in [0.1, 0.15) is 57.5 Å². The Hall–Kier alpha value is -3.30. The van der Waals surface area contributed by atoms with E-state index in [0.29, 0.717) is 16.3 Å². The number of benzene rings is 1. The number of hydrazine groups is 1. The van der Waals surface area contributed by atoms with Gasteiger partial charge in [0.15, 0.2) is 0 Å². The molecule has 0 saturated heterocycles. The van der Waals surface area contributed by atoms with Crippen LogP contribution in [0.15, 0.2) is 18.2 Å². The summed E-state index contributed by atoms with van der Waals surface area (Å²) in [6, 6.07) is 4.63. The summed E-state index contributed by atoms with van der Waals surface area (Å²) in [6.07, 6.45) is -2.44. The molecule has 0 bridgehead atoms. The lowest BCUT2D eigenvalue weighted by molar-refractivity contribution is -0.153. The van der Waals surface area contributed by atoms with Crippen LogP contribution >= 0.6 is 0 Å². The van der Waals surface area contributed by atoms with Crippen molar-refractivity contribution in [2.24, 2.45) is 0 Å². The summed E-state index contributed by atoms with van der Waals surface area (Å²) in [5.41, 5.74) is -1.26. The molecule has 176 valence electrons. The molecule has 0 heterocycles. The molecule has 0 radical (unpaired) electrons. The third-order valence-corrected chi connectivity index (χ3v) is 4.46. The maximum absolute atomic E-state index is 13.5.